The molecule has 1 atom stereocenters. The number of ether oxygens (including phenoxy) is 1. The van der Waals surface area contributed by atoms with E-state index in [1.807, 2.05) is 30.3 Å². The van der Waals surface area contributed by atoms with Crippen LogP contribution in [0, 0.1) is 5.82 Å². The first kappa shape index (κ1) is 21.9. The van der Waals surface area contributed by atoms with Crippen molar-refractivity contribution in [1.82, 2.24) is 14.3 Å². The monoisotopic (exact) mass is 432 g/mol. The fraction of sp³-hybridized carbons (Fsp3) is 0.286. The van der Waals surface area contributed by atoms with Crippen LogP contribution >= 0.6 is 0 Å². The van der Waals surface area contributed by atoms with Crippen molar-refractivity contribution in [3.8, 4) is 5.75 Å². The van der Waals surface area contributed by atoms with Gasteiger partial charge in [0.05, 0.1) is 6.33 Å². The average molecular weight is 433 g/mol. The summed E-state index contributed by atoms with van der Waals surface area (Å²) in [6.45, 7) is 0.356. The molecule has 9 heteroatoms. The number of hydrogen-bond donors (Lipinski definition) is 2. The summed E-state index contributed by atoms with van der Waals surface area (Å²) in [6, 6.07) is 14.6. The first-order valence-corrected chi connectivity index (χ1v) is 11.0. The Hall–Kier alpha value is -2.75. The lowest BCUT2D eigenvalue weighted by Crippen LogP contribution is -2.28. The number of hydrogen-bond acceptors (Lipinski definition) is 5. The van der Waals surface area contributed by atoms with Crippen molar-refractivity contribution in [3.05, 3.63) is 78.0 Å². The van der Waals surface area contributed by atoms with Crippen molar-refractivity contribution in [2.24, 2.45) is 12.8 Å². The maximum Gasteiger partial charge on any atom is 0.259 e. The molecular formula is C21H25FN4O3S. The zero-order chi connectivity index (χ0) is 21.6. The standard InChI is InChI=1S/C21H25FN4O3S/c1-26-14-21(24-15-26)30(27,28)25-9-10-29-20-12-17(7-8-19(20)22)18(13-23)11-16-5-3-2-4-6-16/h2-8,12,14-15,18,25H,9-11,13,23H2,1H3. The molecule has 7 nitrogen and oxygen atoms in total. The van der Waals surface area contributed by atoms with Crippen LogP contribution in [0.2, 0.25) is 0 Å². The van der Waals surface area contributed by atoms with Crippen molar-refractivity contribution in [2.45, 2.75) is 17.4 Å². The third-order valence-corrected chi connectivity index (χ3v) is 5.99. The SMILES string of the molecule is Cn1cnc(S(=O)(=O)NCCOc2cc(C(CN)Cc3ccccc3)ccc2F)c1. The van der Waals surface area contributed by atoms with Gasteiger partial charge in [-0.1, -0.05) is 36.4 Å². The van der Waals surface area contributed by atoms with E-state index in [4.69, 9.17) is 10.5 Å². The number of nitrogens with one attached hydrogen (secondary N) is 1. The maximum absolute atomic E-state index is 14.2. The molecular weight excluding hydrogens is 407 g/mol. The van der Waals surface area contributed by atoms with E-state index >= 15 is 0 Å². The highest BCUT2D eigenvalue weighted by molar-refractivity contribution is 7.89. The summed E-state index contributed by atoms with van der Waals surface area (Å²) in [5.41, 5.74) is 7.96. The van der Waals surface area contributed by atoms with Gasteiger partial charge in [0.25, 0.3) is 10.0 Å². The van der Waals surface area contributed by atoms with Gasteiger partial charge in [-0.15, -0.1) is 0 Å². The molecule has 2 aromatic carbocycles. The first-order chi connectivity index (χ1) is 14.4. The second kappa shape index (κ2) is 9.84. The number of rotatable bonds is 10. The van der Waals surface area contributed by atoms with Crippen molar-refractivity contribution in [2.75, 3.05) is 19.7 Å². The average Bonchev–Trinajstić information content (AvgIpc) is 3.19. The van der Waals surface area contributed by atoms with Gasteiger partial charge in [0.15, 0.2) is 16.6 Å². The maximum atomic E-state index is 14.2. The minimum atomic E-state index is -3.74. The van der Waals surface area contributed by atoms with Gasteiger partial charge in [-0.2, -0.15) is 0 Å². The number of nitrogens with zero attached hydrogens (tertiary/aromatic N) is 2. The number of aryl methyl sites for hydroxylation is 1. The zero-order valence-electron chi connectivity index (χ0n) is 16.7. The molecule has 0 aliphatic rings. The summed E-state index contributed by atoms with van der Waals surface area (Å²) in [5.74, 6) is -0.434. The van der Waals surface area contributed by atoms with E-state index in [1.54, 1.807) is 19.2 Å². The molecule has 3 aromatic rings. The van der Waals surface area contributed by atoms with Crippen molar-refractivity contribution < 1.29 is 17.5 Å². The number of halogens is 1. The van der Waals surface area contributed by atoms with Crippen LogP contribution in [0.15, 0.2) is 66.1 Å². The molecule has 0 fully saturated rings. The second-order valence-electron chi connectivity index (χ2n) is 6.94. The summed E-state index contributed by atoms with van der Waals surface area (Å²) in [4.78, 5) is 3.81. The molecule has 1 unspecified atom stereocenters. The molecule has 160 valence electrons. The van der Waals surface area contributed by atoms with E-state index in [-0.39, 0.29) is 29.8 Å². The predicted molar refractivity (Wildman–Crippen MR) is 112 cm³/mol. The summed E-state index contributed by atoms with van der Waals surface area (Å²) in [6.07, 6.45) is 3.52. The normalized spacial score (nSPS) is 12.6. The molecule has 0 saturated carbocycles. The molecule has 3 N–H and O–H groups in total. The first-order valence-electron chi connectivity index (χ1n) is 9.53. The number of imidazole rings is 1. The predicted octanol–water partition coefficient (Wildman–Crippen LogP) is 2.20. The highest BCUT2D eigenvalue weighted by Crippen LogP contribution is 2.26. The molecule has 0 amide bonds. The smallest absolute Gasteiger partial charge is 0.259 e. The molecule has 30 heavy (non-hydrogen) atoms. The van der Waals surface area contributed by atoms with Gasteiger partial charge in [0.1, 0.15) is 6.61 Å². The molecule has 0 aliphatic heterocycles. The highest BCUT2D eigenvalue weighted by atomic mass is 32.2. The largest absolute Gasteiger partial charge is 0.489 e. The molecule has 1 heterocycles. The van der Waals surface area contributed by atoms with E-state index in [9.17, 15) is 12.8 Å². The van der Waals surface area contributed by atoms with Crippen molar-refractivity contribution >= 4 is 10.0 Å². The lowest BCUT2D eigenvalue weighted by atomic mass is 9.92. The van der Waals surface area contributed by atoms with E-state index in [0.29, 0.717) is 6.54 Å². The summed E-state index contributed by atoms with van der Waals surface area (Å²) in [7, 11) is -2.06. The fourth-order valence-electron chi connectivity index (χ4n) is 3.06. The molecule has 0 spiro atoms. The van der Waals surface area contributed by atoms with Crippen LogP contribution < -0.4 is 15.2 Å². The Morgan fingerprint density at radius 3 is 2.67 bits per heavy atom. The lowest BCUT2D eigenvalue weighted by molar-refractivity contribution is 0.306. The summed E-state index contributed by atoms with van der Waals surface area (Å²) in [5, 5.41) is -0.0788. The molecule has 1 aromatic heterocycles. The van der Waals surface area contributed by atoms with Crippen molar-refractivity contribution in [1.29, 1.82) is 0 Å². The Kier molecular flexibility index (Phi) is 7.20. The Bertz CT molecular complexity index is 1070. The van der Waals surface area contributed by atoms with Gasteiger partial charge in [0.2, 0.25) is 0 Å². The number of benzene rings is 2. The quantitative estimate of drug-likeness (QED) is 0.479. The third kappa shape index (κ3) is 5.65. The van der Waals surface area contributed by atoms with Crippen LogP contribution in [0.1, 0.15) is 17.0 Å². The van der Waals surface area contributed by atoms with E-state index in [0.717, 1.165) is 17.5 Å². The van der Waals surface area contributed by atoms with Gasteiger partial charge < -0.3 is 15.0 Å². The fourth-order valence-corrected chi connectivity index (χ4v) is 4.05. The van der Waals surface area contributed by atoms with Crippen LogP contribution in [0.3, 0.4) is 0 Å². The van der Waals surface area contributed by atoms with Gasteiger partial charge in [0, 0.05) is 25.7 Å². The van der Waals surface area contributed by atoms with Crippen LogP contribution in [-0.4, -0.2) is 37.7 Å². The van der Waals surface area contributed by atoms with E-state index in [2.05, 4.69) is 9.71 Å². The molecule has 0 radical (unpaired) electrons. The minimum Gasteiger partial charge on any atom is -0.489 e. The molecule has 3 rings (SSSR count). The highest BCUT2D eigenvalue weighted by Gasteiger charge is 2.17. The number of nitrogens with two attached hydrogens (primary N) is 1. The summed E-state index contributed by atoms with van der Waals surface area (Å²) < 4.78 is 47.9. The Morgan fingerprint density at radius 1 is 1.23 bits per heavy atom. The van der Waals surface area contributed by atoms with Gasteiger partial charge in [-0.3, -0.25) is 0 Å². The second-order valence-corrected chi connectivity index (χ2v) is 8.65. The van der Waals surface area contributed by atoms with Crippen LogP contribution in [0.4, 0.5) is 4.39 Å². The van der Waals surface area contributed by atoms with Crippen LogP contribution in [0.5, 0.6) is 5.75 Å². The topological polar surface area (TPSA) is 99.2 Å². The minimum absolute atomic E-state index is 0.0120. The van der Waals surface area contributed by atoms with Crippen molar-refractivity contribution in [3.63, 3.8) is 0 Å². The van der Waals surface area contributed by atoms with Crippen LogP contribution in [0.25, 0.3) is 0 Å². The van der Waals surface area contributed by atoms with E-state index in [1.165, 1.54) is 23.2 Å². The van der Waals surface area contributed by atoms with Gasteiger partial charge in [-0.05, 0) is 36.2 Å². The summed E-state index contributed by atoms with van der Waals surface area (Å²) >= 11 is 0. The zero-order valence-corrected chi connectivity index (χ0v) is 17.5. The number of aromatic nitrogens is 2. The Balaban J connectivity index is 1.61. The van der Waals surface area contributed by atoms with Gasteiger partial charge in [-0.25, -0.2) is 22.5 Å². The molecule has 0 aliphatic carbocycles. The lowest BCUT2D eigenvalue weighted by Gasteiger charge is -2.17. The molecule has 0 bridgehead atoms. The third-order valence-electron chi connectivity index (χ3n) is 4.64. The number of sulfonamides is 1. The Morgan fingerprint density at radius 2 is 2.00 bits per heavy atom. The Labute approximate surface area is 175 Å². The van der Waals surface area contributed by atoms with Crippen LogP contribution in [-0.2, 0) is 23.5 Å². The van der Waals surface area contributed by atoms with E-state index < -0.39 is 15.8 Å². The molecule has 0 saturated heterocycles. The van der Waals surface area contributed by atoms with Gasteiger partial charge >= 0.3 is 0 Å².